The minimum absolute atomic E-state index is 0.191. The normalized spacial score (nSPS) is 10.3. The molecule has 3 aromatic rings. The van der Waals surface area contributed by atoms with Gasteiger partial charge in [0.2, 0.25) is 0 Å². The molecule has 6 heteroatoms. The van der Waals surface area contributed by atoms with Crippen LogP contribution in [0.4, 0.5) is 0 Å². The summed E-state index contributed by atoms with van der Waals surface area (Å²) in [6.07, 6.45) is 0. The van der Waals surface area contributed by atoms with Crippen LogP contribution in [-0.4, -0.2) is 22.2 Å². The summed E-state index contributed by atoms with van der Waals surface area (Å²) in [4.78, 5) is 21.8. The van der Waals surface area contributed by atoms with Crippen molar-refractivity contribution in [2.24, 2.45) is 0 Å². The van der Waals surface area contributed by atoms with Gasteiger partial charge in [-0.05, 0) is 79.2 Å². The Kier molecular flexibility index (Phi) is 5.08. The zero-order chi connectivity index (χ0) is 19.4. The van der Waals surface area contributed by atoms with Crippen molar-refractivity contribution in [2.45, 2.75) is 6.92 Å². The second-order valence-electron chi connectivity index (χ2n) is 5.79. The molecule has 0 fully saturated rings. The number of carbonyl (C=O) groups is 2. The summed E-state index contributed by atoms with van der Waals surface area (Å²) in [5, 5.41) is 17.8. The van der Waals surface area contributed by atoms with Crippen LogP contribution in [0.1, 0.15) is 26.3 Å². The third-order valence-corrected chi connectivity index (χ3v) is 3.81. The average Bonchev–Trinajstić information content (AvgIpc) is 2.65. The number of hydrogen-bond acceptors (Lipinski definition) is 4. The molecule has 0 saturated heterocycles. The first-order valence-corrected chi connectivity index (χ1v) is 8.05. The minimum atomic E-state index is -0.990. The highest BCUT2D eigenvalue weighted by Gasteiger charge is 2.07. The highest BCUT2D eigenvalue weighted by atomic mass is 16.5. The van der Waals surface area contributed by atoms with Gasteiger partial charge in [-0.2, -0.15) is 0 Å². The molecule has 0 atom stereocenters. The second kappa shape index (κ2) is 7.61. The topological polar surface area (TPSA) is 93.1 Å². The van der Waals surface area contributed by atoms with E-state index in [1.807, 2.05) is 6.92 Å². The van der Waals surface area contributed by atoms with Crippen molar-refractivity contribution in [3.8, 4) is 23.0 Å². The third-order valence-electron chi connectivity index (χ3n) is 3.81. The van der Waals surface area contributed by atoms with E-state index >= 15 is 0 Å². The van der Waals surface area contributed by atoms with E-state index in [1.165, 1.54) is 24.3 Å². The van der Waals surface area contributed by atoms with E-state index < -0.39 is 11.9 Å². The summed E-state index contributed by atoms with van der Waals surface area (Å²) in [5.74, 6) is 0.278. The van der Waals surface area contributed by atoms with Gasteiger partial charge < -0.3 is 19.7 Å². The molecular formula is C21H16O6. The van der Waals surface area contributed by atoms with Crippen molar-refractivity contribution in [1.29, 1.82) is 0 Å². The first-order chi connectivity index (χ1) is 12.9. The van der Waals surface area contributed by atoms with Crippen LogP contribution in [0.15, 0.2) is 66.7 Å². The van der Waals surface area contributed by atoms with Crippen LogP contribution >= 0.6 is 0 Å². The molecule has 0 aliphatic heterocycles. The lowest BCUT2D eigenvalue weighted by Crippen LogP contribution is -1.96. The van der Waals surface area contributed by atoms with Gasteiger partial charge in [-0.15, -0.1) is 0 Å². The van der Waals surface area contributed by atoms with Gasteiger partial charge in [0.25, 0.3) is 0 Å². The molecule has 0 heterocycles. The summed E-state index contributed by atoms with van der Waals surface area (Å²) in [6, 6.07) is 17.6. The second-order valence-corrected chi connectivity index (χ2v) is 5.79. The van der Waals surface area contributed by atoms with E-state index in [1.54, 1.807) is 42.5 Å². The molecule has 2 N–H and O–H groups in total. The van der Waals surface area contributed by atoms with Crippen molar-refractivity contribution >= 4 is 11.9 Å². The lowest BCUT2D eigenvalue weighted by Gasteiger charge is -2.11. The summed E-state index contributed by atoms with van der Waals surface area (Å²) < 4.78 is 11.5. The fraction of sp³-hybridized carbons (Fsp3) is 0.0476. The molecule has 27 heavy (non-hydrogen) atoms. The molecule has 3 aromatic carbocycles. The standard InChI is InChI=1S/C21H16O6/c1-13-12-18(26-16-6-2-14(3-7-16)20(22)23)10-11-19(13)27-17-8-4-15(5-9-17)21(24)25/h2-12H,1H3,(H,22,23)(H,24,25). The van der Waals surface area contributed by atoms with E-state index in [4.69, 9.17) is 19.7 Å². The van der Waals surface area contributed by atoms with Crippen molar-refractivity contribution in [2.75, 3.05) is 0 Å². The van der Waals surface area contributed by atoms with E-state index in [9.17, 15) is 9.59 Å². The van der Waals surface area contributed by atoms with Gasteiger partial charge in [0.1, 0.15) is 23.0 Å². The fourth-order valence-corrected chi connectivity index (χ4v) is 2.39. The van der Waals surface area contributed by atoms with Crippen molar-refractivity contribution in [3.63, 3.8) is 0 Å². The SMILES string of the molecule is Cc1cc(Oc2ccc(C(=O)O)cc2)ccc1Oc1ccc(C(=O)O)cc1. The van der Waals surface area contributed by atoms with Gasteiger partial charge in [-0.25, -0.2) is 9.59 Å². The molecule has 3 rings (SSSR count). The zero-order valence-corrected chi connectivity index (χ0v) is 14.4. The number of carboxylic acids is 2. The quantitative estimate of drug-likeness (QED) is 0.641. The van der Waals surface area contributed by atoms with Crippen LogP contribution in [0.25, 0.3) is 0 Å². The monoisotopic (exact) mass is 364 g/mol. The predicted molar refractivity (Wildman–Crippen MR) is 98.1 cm³/mol. The summed E-state index contributed by atoms with van der Waals surface area (Å²) >= 11 is 0. The number of ether oxygens (including phenoxy) is 2. The lowest BCUT2D eigenvalue weighted by atomic mass is 10.2. The molecular weight excluding hydrogens is 348 g/mol. The Morgan fingerprint density at radius 3 is 1.56 bits per heavy atom. The number of aryl methyl sites for hydroxylation is 1. The summed E-state index contributed by atoms with van der Waals surface area (Å²) in [7, 11) is 0. The Morgan fingerprint density at radius 2 is 1.11 bits per heavy atom. The maximum atomic E-state index is 10.9. The molecule has 0 unspecified atom stereocenters. The maximum Gasteiger partial charge on any atom is 0.335 e. The van der Waals surface area contributed by atoms with Crippen LogP contribution < -0.4 is 9.47 Å². The molecule has 6 nitrogen and oxygen atoms in total. The van der Waals surface area contributed by atoms with Gasteiger partial charge in [0.15, 0.2) is 0 Å². The molecule has 0 aromatic heterocycles. The van der Waals surface area contributed by atoms with Crippen LogP contribution in [0.5, 0.6) is 23.0 Å². The van der Waals surface area contributed by atoms with Gasteiger partial charge in [-0.3, -0.25) is 0 Å². The molecule has 0 radical (unpaired) electrons. The first-order valence-electron chi connectivity index (χ1n) is 8.05. The highest BCUT2D eigenvalue weighted by molar-refractivity contribution is 5.88. The van der Waals surface area contributed by atoms with Gasteiger partial charge in [0, 0.05) is 0 Å². The zero-order valence-electron chi connectivity index (χ0n) is 14.4. The molecule has 0 aliphatic carbocycles. The number of carboxylic acid groups (broad SMARTS) is 2. The fourth-order valence-electron chi connectivity index (χ4n) is 2.39. The Bertz CT molecular complexity index is 975. The number of aromatic carboxylic acids is 2. The summed E-state index contributed by atoms with van der Waals surface area (Å²) in [5.41, 5.74) is 1.21. The van der Waals surface area contributed by atoms with Gasteiger partial charge in [0.05, 0.1) is 11.1 Å². The molecule has 0 saturated carbocycles. The number of hydrogen-bond donors (Lipinski definition) is 2. The van der Waals surface area contributed by atoms with E-state index in [2.05, 4.69) is 0 Å². The highest BCUT2D eigenvalue weighted by Crippen LogP contribution is 2.30. The Balaban J connectivity index is 1.71. The Labute approximate surface area is 155 Å². The predicted octanol–water partition coefficient (Wildman–Crippen LogP) is 4.98. The average molecular weight is 364 g/mol. The number of benzene rings is 3. The van der Waals surface area contributed by atoms with Crippen LogP contribution in [-0.2, 0) is 0 Å². The molecule has 0 aliphatic rings. The molecule has 0 amide bonds. The van der Waals surface area contributed by atoms with Crippen molar-refractivity contribution in [1.82, 2.24) is 0 Å². The Morgan fingerprint density at radius 1 is 0.667 bits per heavy atom. The lowest BCUT2D eigenvalue weighted by molar-refractivity contribution is 0.0686. The molecule has 136 valence electrons. The smallest absolute Gasteiger partial charge is 0.335 e. The molecule has 0 spiro atoms. The van der Waals surface area contributed by atoms with Crippen molar-refractivity contribution < 1.29 is 29.3 Å². The van der Waals surface area contributed by atoms with Crippen LogP contribution in [0.3, 0.4) is 0 Å². The minimum Gasteiger partial charge on any atom is -0.478 e. The van der Waals surface area contributed by atoms with E-state index in [0.29, 0.717) is 23.0 Å². The van der Waals surface area contributed by atoms with Crippen LogP contribution in [0.2, 0.25) is 0 Å². The maximum absolute atomic E-state index is 10.9. The van der Waals surface area contributed by atoms with Gasteiger partial charge >= 0.3 is 11.9 Å². The van der Waals surface area contributed by atoms with Gasteiger partial charge in [-0.1, -0.05) is 0 Å². The Hall–Kier alpha value is -3.80. The number of rotatable bonds is 6. The van der Waals surface area contributed by atoms with Crippen LogP contribution in [0, 0.1) is 6.92 Å². The largest absolute Gasteiger partial charge is 0.478 e. The van der Waals surface area contributed by atoms with E-state index in [0.717, 1.165) is 5.56 Å². The molecule has 0 bridgehead atoms. The van der Waals surface area contributed by atoms with E-state index in [-0.39, 0.29) is 11.1 Å². The van der Waals surface area contributed by atoms with Crippen molar-refractivity contribution in [3.05, 3.63) is 83.4 Å². The first kappa shape index (κ1) is 18.0. The summed E-state index contributed by atoms with van der Waals surface area (Å²) in [6.45, 7) is 1.86. The third kappa shape index (κ3) is 4.43.